The zero-order valence-electron chi connectivity index (χ0n) is 10.5. The lowest BCUT2D eigenvalue weighted by atomic mass is 9.93. The van der Waals surface area contributed by atoms with Crippen LogP contribution in [0.2, 0.25) is 0 Å². The fraction of sp³-hybridized carbons (Fsp3) is 0.917. The Kier molecular flexibility index (Phi) is 4.58. The molecule has 0 spiro atoms. The summed E-state index contributed by atoms with van der Waals surface area (Å²) in [6.45, 7) is 8.57. The van der Waals surface area contributed by atoms with Crippen molar-refractivity contribution in [2.24, 2.45) is 10.5 Å². The van der Waals surface area contributed by atoms with Crippen LogP contribution in [0.25, 0.3) is 0 Å². The lowest BCUT2D eigenvalue weighted by Crippen LogP contribution is -2.28. The standard InChI is InChI=1S/C12H24N2O/c1-12(2,3)7-8-13-14-9-5-6-11(14)10-15-4/h8,11H,5-7,9-10H2,1-4H3/b13-8+/t11-/m0/s1. The van der Waals surface area contributed by atoms with E-state index in [1.54, 1.807) is 7.11 Å². The summed E-state index contributed by atoms with van der Waals surface area (Å²) in [6, 6.07) is 0.492. The minimum atomic E-state index is 0.333. The maximum absolute atomic E-state index is 5.19. The van der Waals surface area contributed by atoms with Gasteiger partial charge in [0.15, 0.2) is 0 Å². The van der Waals surface area contributed by atoms with Crippen LogP contribution >= 0.6 is 0 Å². The van der Waals surface area contributed by atoms with Crippen LogP contribution in [0.15, 0.2) is 5.10 Å². The van der Waals surface area contributed by atoms with E-state index in [1.165, 1.54) is 12.8 Å². The summed E-state index contributed by atoms with van der Waals surface area (Å²) in [7, 11) is 1.76. The predicted octanol–water partition coefficient (Wildman–Crippen LogP) is 2.52. The lowest BCUT2D eigenvalue weighted by Gasteiger charge is -2.21. The first-order valence-corrected chi connectivity index (χ1v) is 5.81. The van der Waals surface area contributed by atoms with Gasteiger partial charge in [-0.1, -0.05) is 20.8 Å². The Morgan fingerprint density at radius 1 is 1.47 bits per heavy atom. The molecule has 1 aliphatic heterocycles. The van der Waals surface area contributed by atoms with Crippen molar-refractivity contribution in [3.63, 3.8) is 0 Å². The van der Waals surface area contributed by atoms with Gasteiger partial charge in [0.2, 0.25) is 0 Å². The highest BCUT2D eigenvalue weighted by Crippen LogP contribution is 2.19. The zero-order valence-corrected chi connectivity index (χ0v) is 10.5. The summed E-state index contributed by atoms with van der Waals surface area (Å²) >= 11 is 0. The number of rotatable bonds is 4. The van der Waals surface area contributed by atoms with Crippen molar-refractivity contribution in [2.45, 2.75) is 46.1 Å². The minimum Gasteiger partial charge on any atom is -0.382 e. The van der Waals surface area contributed by atoms with E-state index in [1.807, 2.05) is 6.21 Å². The van der Waals surface area contributed by atoms with Crippen LogP contribution in [-0.2, 0) is 4.74 Å². The molecule has 1 atom stereocenters. The van der Waals surface area contributed by atoms with Gasteiger partial charge in [-0.15, -0.1) is 0 Å². The van der Waals surface area contributed by atoms with Gasteiger partial charge in [-0.2, -0.15) is 5.10 Å². The SMILES string of the molecule is COC[C@@H]1CCCN1/N=C/CC(C)(C)C. The number of nitrogens with zero attached hydrogens (tertiary/aromatic N) is 2. The number of ether oxygens (including phenoxy) is 1. The van der Waals surface area contributed by atoms with E-state index in [-0.39, 0.29) is 0 Å². The molecule has 0 radical (unpaired) electrons. The van der Waals surface area contributed by atoms with Crippen molar-refractivity contribution in [2.75, 3.05) is 20.3 Å². The van der Waals surface area contributed by atoms with E-state index >= 15 is 0 Å². The highest BCUT2D eigenvalue weighted by Gasteiger charge is 2.22. The van der Waals surface area contributed by atoms with Crippen LogP contribution in [0.1, 0.15) is 40.0 Å². The zero-order chi connectivity index (χ0) is 11.3. The fourth-order valence-electron chi connectivity index (χ4n) is 1.75. The Hall–Kier alpha value is -0.570. The Balaban J connectivity index is 2.36. The number of hydrazone groups is 1. The first-order valence-electron chi connectivity index (χ1n) is 5.81. The average Bonchev–Trinajstić information content (AvgIpc) is 2.51. The van der Waals surface area contributed by atoms with E-state index < -0.39 is 0 Å². The maximum atomic E-state index is 5.19. The lowest BCUT2D eigenvalue weighted by molar-refractivity contribution is 0.118. The van der Waals surface area contributed by atoms with Crippen LogP contribution in [0.3, 0.4) is 0 Å². The van der Waals surface area contributed by atoms with Gasteiger partial charge >= 0.3 is 0 Å². The molecule has 88 valence electrons. The molecule has 3 nitrogen and oxygen atoms in total. The van der Waals surface area contributed by atoms with Gasteiger partial charge in [0.1, 0.15) is 0 Å². The van der Waals surface area contributed by atoms with Gasteiger partial charge in [-0.3, -0.25) is 5.01 Å². The number of methoxy groups -OCH3 is 1. The van der Waals surface area contributed by atoms with Gasteiger partial charge in [-0.05, 0) is 24.7 Å². The summed E-state index contributed by atoms with van der Waals surface area (Å²) in [5.41, 5.74) is 0.333. The molecule has 0 saturated carbocycles. The summed E-state index contributed by atoms with van der Waals surface area (Å²) in [5, 5.41) is 6.71. The van der Waals surface area contributed by atoms with Gasteiger partial charge in [0, 0.05) is 19.9 Å². The largest absolute Gasteiger partial charge is 0.382 e. The van der Waals surface area contributed by atoms with Gasteiger partial charge in [0.25, 0.3) is 0 Å². The number of hydrogen-bond donors (Lipinski definition) is 0. The van der Waals surface area contributed by atoms with E-state index in [0.29, 0.717) is 11.5 Å². The highest BCUT2D eigenvalue weighted by atomic mass is 16.5. The fourth-order valence-corrected chi connectivity index (χ4v) is 1.75. The van der Waals surface area contributed by atoms with Crippen LogP contribution < -0.4 is 0 Å². The number of hydrogen-bond acceptors (Lipinski definition) is 3. The van der Waals surface area contributed by atoms with Crippen LogP contribution in [0, 0.1) is 5.41 Å². The highest BCUT2D eigenvalue weighted by molar-refractivity contribution is 5.57. The smallest absolute Gasteiger partial charge is 0.0704 e. The molecule has 0 aromatic rings. The van der Waals surface area contributed by atoms with Crippen molar-refractivity contribution >= 4 is 6.21 Å². The van der Waals surface area contributed by atoms with Crippen LogP contribution in [0.4, 0.5) is 0 Å². The molecule has 15 heavy (non-hydrogen) atoms. The van der Waals surface area contributed by atoms with E-state index in [4.69, 9.17) is 4.74 Å². The molecule has 0 aliphatic carbocycles. The molecule has 1 rings (SSSR count). The molecule has 3 heteroatoms. The molecule has 0 unspecified atom stereocenters. The maximum Gasteiger partial charge on any atom is 0.0704 e. The molecule has 1 fully saturated rings. The third-order valence-electron chi connectivity index (χ3n) is 2.64. The Morgan fingerprint density at radius 2 is 2.20 bits per heavy atom. The molecule has 1 heterocycles. The predicted molar refractivity (Wildman–Crippen MR) is 64.2 cm³/mol. The van der Waals surface area contributed by atoms with Crippen molar-refractivity contribution < 1.29 is 4.74 Å². The molecule has 1 saturated heterocycles. The van der Waals surface area contributed by atoms with Crippen molar-refractivity contribution in [1.82, 2.24) is 5.01 Å². The third kappa shape index (κ3) is 4.65. The second-order valence-electron chi connectivity index (χ2n) is 5.48. The topological polar surface area (TPSA) is 24.8 Å². The summed E-state index contributed by atoms with van der Waals surface area (Å²) in [6.07, 6.45) is 5.53. The van der Waals surface area contributed by atoms with Crippen LogP contribution in [0.5, 0.6) is 0 Å². The van der Waals surface area contributed by atoms with Gasteiger partial charge in [0.05, 0.1) is 12.6 Å². The Bertz CT molecular complexity index is 208. The van der Waals surface area contributed by atoms with Crippen molar-refractivity contribution in [1.29, 1.82) is 0 Å². The average molecular weight is 212 g/mol. The third-order valence-corrected chi connectivity index (χ3v) is 2.64. The first kappa shape index (κ1) is 12.5. The first-order chi connectivity index (χ1) is 7.03. The second kappa shape index (κ2) is 5.50. The summed E-state index contributed by atoms with van der Waals surface area (Å²) in [4.78, 5) is 0. The summed E-state index contributed by atoms with van der Waals surface area (Å²) < 4.78 is 5.19. The molecular formula is C12H24N2O. The van der Waals surface area contributed by atoms with Gasteiger partial charge in [-0.25, -0.2) is 0 Å². The normalized spacial score (nSPS) is 22.9. The van der Waals surface area contributed by atoms with Gasteiger partial charge < -0.3 is 4.74 Å². The molecular weight excluding hydrogens is 188 g/mol. The molecule has 0 bridgehead atoms. The van der Waals surface area contributed by atoms with E-state index in [9.17, 15) is 0 Å². The Labute approximate surface area is 93.5 Å². The monoisotopic (exact) mass is 212 g/mol. The molecule has 0 aromatic heterocycles. The van der Waals surface area contributed by atoms with E-state index in [2.05, 4.69) is 30.9 Å². The summed E-state index contributed by atoms with van der Waals surface area (Å²) in [5.74, 6) is 0. The quantitative estimate of drug-likeness (QED) is 0.669. The van der Waals surface area contributed by atoms with Crippen molar-refractivity contribution in [3.05, 3.63) is 0 Å². The Morgan fingerprint density at radius 3 is 2.80 bits per heavy atom. The molecule has 0 amide bonds. The van der Waals surface area contributed by atoms with Crippen LogP contribution in [-0.4, -0.2) is 37.5 Å². The molecule has 0 N–H and O–H groups in total. The van der Waals surface area contributed by atoms with E-state index in [0.717, 1.165) is 19.6 Å². The molecule has 0 aromatic carbocycles. The molecule has 1 aliphatic rings. The minimum absolute atomic E-state index is 0.333. The second-order valence-corrected chi connectivity index (χ2v) is 5.48. The van der Waals surface area contributed by atoms with Crippen molar-refractivity contribution in [3.8, 4) is 0 Å².